The molecule has 14 atom stereocenters. The molecule has 7 heteroatoms. The van der Waals surface area contributed by atoms with Crippen molar-refractivity contribution in [2.75, 3.05) is 6.61 Å². The van der Waals surface area contributed by atoms with Gasteiger partial charge in [0.15, 0.2) is 17.9 Å². The van der Waals surface area contributed by atoms with Gasteiger partial charge in [-0.15, -0.1) is 0 Å². The predicted octanol–water partition coefficient (Wildman–Crippen LogP) is 9.61. The molecule has 0 N–H and O–H groups in total. The van der Waals surface area contributed by atoms with E-state index in [0.29, 0.717) is 17.4 Å². The van der Waals surface area contributed by atoms with Gasteiger partial charge < -0.3 is 28.4 Å². The minimum Gasteiger partial charge on any atom is -0.348 e. The minimum absolute atomic E-state index is 0.0306. The summed E-state index contributed by atoms with van der Waals surface area (Å²) in [5, 5.41) is 0. The average Bonchev–Trinajstić information content (AvgIpc) is 3.65. The summed E-state index contributed by atoms with van der Waals surface area (Å²) in [6, 6.07) is 0. The third kappa shape index (κ3) is 6.58. The average molecular weight is 769 g/mol. The standard InChI is InChI=1S/C40H65IO6/c1-23(2)11-10-12-24(3)28-15-16-29-27-14-13-25-21-26(17-19-39(25,8)30(27)18-20-40(28,29)9)43-36-32(41)34-35(47-38(6,7)46-34)33(44-36)31-22-42-37(4,5)45-31/h13,23-24,26-36H,10-12,14-22H2,1-9H3/t24-,26+,27+,28-,29+,30+,31?,32+,33-,34-,35+,36-,39+,40-/m1/s1. The first-order chi connectivity index (χ1) is 22.1. The number of fused-ring (bicyclic) bond motifs is 6. The maximum absolute atomic E-state index is 6.96. The number of hydrogen-bond acceptors (Lipinski definition) is 6. The van der Waals surface area contributed by atoms with Crippen molar-refractivity contribution in [1.29, 1.82) is 0 Å². The highest BCUT2D eigenvalue weighted by Crippen LogP contribution is 2.67. The maximum atomic E-state index is 6.96. The Morgan fingerprint density at radius 1 is 0.851 bits per heavy atom. The van der Waals surface area contributed by atoms with Gasteiger partial charge in [0.25, 0.3) is 0 Å². The number of ether oxygens (including phenoxy) is 6. The highest BCUT2D eigenvalue weighted by molar-refractivity contribution is 14.1. The van der Waals surface area contributed by atoms with E-state index in [1.807, 2.05) is 27.7 Å². The van der Waals surface area contributed by atoms with E-state index in [4.69, 9.17) is 28.4 Å². The van der Waals surface area contributed by atoms with Crippen LogP contribution < -0.4 is 0 Å². The lowest BCUT2D eigenvalue weighted by molar-refractivity contribution is -0.267. The Morgan fingerprint density at radius 2 is 1.62 bits per heavy atom. The van der Waals surface area contributed by atoms with Crippen LogP contribution in [-0.4, -0.2) is 58.9 Å². The number of rotatable bonds is 8. The van der Waals surface area contributed by atoms with Gasteiger partial charge in [0.1, 0.15) is 24.4 Å². The van der Waals surface area contributed by atoms with Gasteiger partial charge in [-0.3, -0.25) is 0 Å². The number of allylic oxidation sites excluding steroid dienone is 1. The van der Waals surface area contributed by atoms with Gasteiger partial charge in [-0.25, -0.2) is 0 Å². The van der Waals surface area contributed by atoms with Gasteiger partial charge >= 0.3 is 0 Å². The van der Waals surface area contributed by atoms with Gasteiger partial charge in [-0.2, -0.15) is 0 Å². The molecule has 47 heavy (non-hydrogen) atoms. The second-order valence-electron chi connectivity index (χ2n) is 18.6. The molecular formula is C40H65IO6. The summed E-state index contributed by atoms with van der Waals surface area (Å²) in [6.45, 7) is 21.1. The van der Waals surface area contributed by atoms with E-state index in [0.717, 1.165) is 48.3 Å². The van der Waals surface area contributed by atoms with E-state index >= 15 is 0 Å². The molecule has 0 spiro atoms. The molecule has 6 fully saturated rings. The molecule has 4 aliphatic carbocycles. The van der Waals surface area contributed by atoms with Crippen LogP contribution in [0, 0.1) is 46.3 Å². The molecule has 0 aromatic rings. The molecule has 1 unspecified atom stereocenters. The Bertz CT molecular complexity index is 1170. The van der Waals surface area contributed by atoms with Crippen LogP contribution in [-0.2, 0) is 28.4 Å². The van der Waals surface area contributed by atoms with E-state index in [1.165, 1.54) is 57.8 Å². The fourth-order valence-electron chi connectivity index (χ4n) is 12.0. The Kier molecular flexibility index (Phi) is 9.87. The zero-order chi connectivity index (χ0) is 33.5. The molecule has 268 valence electrons. The van der Waals surface area contributed by atoms with Crippen LogP contribution in [0.2, 0.25) is 0 Å². The van der Waals surface area contributed by atoms with Gasteiger partial charge in [0, 0.05) is 0 Å². The van der Waals surface area contributed by atoms with Gasteiger partial charge in [0.2, 0.25) is 0 Å². The number of hydrogen-bond donors (Lipinski definition) is 0. The Morgan fingerprint density at radius 3 is 2.34 bits per heavy atom. The minimum atomic E-state index is -0.665. The maximum Gasteiger partial charge on any atom is 0.172 e. The quantitative estimate of drug-likeness (QED) is 0.139. The zero-order valence-electron chi connectivity index (χ0n) is 30.9. The van der Waals surface area contributed by atoms with E-state index < -0.39 is 11.6 Å². The van der Waals surface area contributed by atoms with E-state index in [2.05, 4.69) is 63.3 Å². The van der Waals surface area contributed by atoms with Crippen molar-refractivity contribution in [1.82, 2.24) is 0 Å². The zero-order valence-corrected chi connectivity index (χ0v) is 33.1. The summed E-state index contributed by atoms with van der Waals surface area (Å²) in [5.74, 6) is 3.88. The monoisotopic (exact) mass is 768 g/mol. The summed E-state index contributed by atoms with van der Waals surface area (Å²) < 4.78 is 39.0. The Hall–Kier alpha value is 0.230. The summed E-state index contributed by atoms with van der Waals surface area (Å²) >= 11 is 2.48. The number of alkyl halides is 1. The van der Waals surface area contributed by atoms with E-state index in [1.54, 1.807) is 5.57 Å². The van der Waals surface area contributed by atoms with Crippen LogP contribution in [0.15, 0.2) is 11.6 Å². The molecule has 3 saturated carbocycles. The Balaban J connectivity index is 1.02. The van der Waals surface area contributed by atoms with Gasteiger partial charge in [-0.05, 0) is 125 Å². The molecule has 3 heterocycles. The molecule has 6 nitrogen and oxygen atoms in total. The molecule has 3 aliphatic heterocycles. The van der Waals surface area contributed by atoms with Crippen molar-refractivity contribution in [2.24, 2.45) is 46.3 Å². The largest absolute Gasteiger partial charge is 0.348 e. The molecule has 7 rings (SSSR count). The van der Waals surface area contributed by atoms with E-state index in [-0.39, 0.29) is 40.7 Å². The molecule has 7 aliphatic rings. The molecule has 0 aromatic carbocycles. The topological polar surface area (TPSA) is 55.4 Å². The summed E-state index contributed by atoms with van der Waals surface area (Å²) in [6.07, 6.45) is 16.2. The third-order valence-corrected chi connectivity index (χ3v) is 15.6. The summed E-state index contributed by atoms with van der Waals surface area (Å²) in [7, 11) is 0. The lowest BCUT2D eigenvalue weighted by Crippen LogP contribution is -2.59. The summed E-state index contributed by atoms with van der Waals surface area (Å²) in [5.41, 5.74) is 2.51. The normalized spacial score (nSPS) is 49.2. The molecule has 0 radical (unpaired) electrons. The smallest absolute Gasteiger partial charge is 0.172 e. The molecular weight excluding hydrogens is 703 g/mol. The molecule has 3 saturated heterocycles. The first-order valence-electron chi connectivity index (χ1n) is 19.4. The highest BCUT2D eigenvalue weighted by Gasteiger charge is 2.61. The lowest BCUT2D eigenvalue weighted by atomic mass is 9.47. The number of halogens is 1. The third-order valence-electron chi connectivity index (χ3n) is 14.3. The van der Waals surface area contributed by atoms with Crippen LogP contribution in [0.5, 0.6) is 0 Å². The van der Waals surface area contributed by atoms with Crippen molar-refractivity contribution >= 4 is 22.6 Å². The second kappa shape index (κ2) is 13.0. The van der Waals surface area contributed by atoms with Crippen molar-refractivity contribution in [3.63, 3.8) is 0 Å². The Labute approximate surface area is 299 Å². The molecule has 0 aromatic heterocycles. The van der Waals surface area contributed by atoms with Crippen LogP contribution in [0.3, 0.4) is 0 Å². The van der Waals surface area contributed by atoms with Crippen molar-refractivity contribution in [3.8, 4) is 0 Å². The SMILES string of the molecule is CC(C)CCC[C@@H](C)[C@H]1CC[C@H]2[C@@H]3CC=C4C[C@@H](O[C@@H]5O[C@H](C6COC(C)(C)O6)[C@@H]6OC(C)(C)O[C@@H]6[C@@H]5I)CC[C@]4(C)[C@H]3CC[C@]12C. The van der Waals surface area contributed by atoms with Crippen LogP contribution in [0.1, 0.15) is 133 Å². The van der Waals surface area contributed by atoms with Crippen LogP contribution >= 0.6 is 22.6 Å². The van der Waals surface area contributed by atoms with Crippen LogP contribution in [0.4, 0.5) is 0 Å². The molecule has 0 bridgehead atoms. The lowest BCUT2D eigenvalue weighted by Gasteiger charge is -2.58. The highest BCUT2D eigenvalue weighted by atomic mass is 127. The fraction of sp³-hybridized carbons (Fsp3) is 0.950. The molecule has 0 amide bonds. The first-order valence-corrected chi connectivity index (χ1v) is 20.7. The second-order valence-corrected chi connectivity index (χ2v) is 20.1. The fourth-order valence-corrected chi connectivity index (χ4v) is 12.9. The predicted molar refractivity (Wildman–Crippen MR) is 193 cm³/mol. The van der Waals surface area contributed by atoms with Gasteiger partial charge in [-0.1, -0.05) is 88.1 Å². The summed E-state index contributed by atoms with van der Waals surface area (Å²) in [4.78, 5) is 0. The van der Waals surface area contributed by atoms with Gasteiger partial charge in [0.05, 0.1) is 16.6 Å². The van der Waals surface area contributed by atoms with Crippen molar-refractivity contribution in [2.45, 2.75) is 185 Å². The van der Waals surface area contributed by atoms with Crippen molar-refractivity contribution in [3.05, 3.63) is 11.6 Å². The van der Waals surface area contributed by atoms with Crippen LogP contribution in [0.25, 0.3) is 0 Å². The van der Waals surface area contributed by atoms with Crippen molar-refractivity contribution < 1.29 is 28.4 Å². The van der Waals surface area contributed by atoms with E-state index in [9.17, 15) is 0 Å². The first kappa shape index (κ1) is 35.6.